The van der Waals surface area contributed by atoms with Crippen LogP contribution in [0.1, 0.15) is 12.5 Å². The van der Waals surface area contributed by atoms with E-state index in [0.717, 1.165) is 9.87 Å². The molecule has 0 aliphatic carbocycles. The van der Waals surface area contributed by atoms with Gasteiger partial charge in [-0.2, -0.15) is 4.31 Å². The number of benzene rings is 2. The van der Waals surface area contributed by atoms with Gasteiger partial charge in [-0.3, -0.25) is 4.79 Å². The van der Waals surface area contributed by atoms with E-state index >= 15 is 0 Å². The summed E-state index contributed by atoms with van der Waals surface area (Å²) in [5.41, 5.74) is 0.801. The minimum absolute atomic E-state index is 0.0893. The van der Waals surface area contributed by atoms with Gasteiger partial charge in [-0.05, 0) is 42.0 Å². The third kappa shape index (κ3) is 5.37. The lowest BCUT2D eigenvalue weighted by Crippen LogP contribution is -2.40. The third-order valence-corrected chi connectivity index (χ3v) is 6.25. The topological polar surface area (TPSA) is 84.9 Å². The van der Waals surface area contributed by atoms with Crippen molar-refractivity contribution < 1.29 is 22.7 Å². The Bertz CT molecular complexity index is 916. The van der Waals surface area contributed by atoms with E-state index in [1.165, 1.54) is 31.4 Å². The van der Waals surface area contributed by atoms with Gasteiger partial charge in [-0.1, -0.05) is 24.6 Å². The molecule has 0 unspecified atom stereocenters. The van der Waals surface area contributed by atoms with Crippen LogP contribution in [0.25, 0.3) is 0 Å². The molecule has 0 atom stereocenters. The maximum absolute atomic E-state index is 12.7. The Labute approximate surface area is 170 Å². The number of methoxy groups -OCH3 is 2. The Morgan fingerprint density at radius 2 is 1.71 bits per heavy atom. The van der Waals surface area contributed by atoms with Crippen molar-refractivity contribution in [3.63, 3.8) is 0 Å². The van der Waals surface area contributed by atoms with Crippen LogP contribution < -0.4 is 14.8 Å². The average Bonchev–Trinajstić information content (AvgIpc) is 2.70. The van der Waals surface area contributed by atoms with Gasteiger partial charge < -0.3 is 14.8 Å². The second-order valence-corrected chi connectivity index (χ2v) is 8.23. The van der Waals surface area contributed by atoms with Crippen LogP contribution >= 0.6 is 11.6 Å². The first-order chi connectivity index (χ1) is 13.3. The quantitative estimate of drug-likeness (QED) is 0.666. The van der Waals surface area contributed by atoms with Gasteiger partial charge in [-0.25, -0.2) is 8.42 Å². The van der Waals surface area contributed by atoms with Gasteiger partial charge in [0.2, 0.25) is 15.9 Å². The van der Waals surface area contributed by atoms with E-state index in [4.69, 9.17) is 21.1 Å². The number of sulfonamides is 1. The molecule has 2 aromatic rings. The van der Waals surface area contributed by atoms with Crippen LogP contribution in [-0.4, -0.2) is 45.9 Å². The highest BCUT2D eigenvalue weighted by molar-refractivity contribution is 7.89. The van der Waals surface area contributed by atoms with E-state index in [9.17, 15) is 13.2 Å². The van der Waals surface area contributed by atoms with Crippen molar-refractivity contribution in [3.8, 4) is 11.5 Å². The highest BCUT2D eigenvalue weighted by atomic mass is 35.5. The van der Waals surface area contributed by atoms with Gasteiger partial charge in [-0.15, -0.1) is 0 Å². The molecule has 7 nitrogen and oxygen atoms in total. The second-order valence-electron chi connectivity index (χ2n) is 5.85. The number of likely N-dealkylation sites (N-methyl/N-ethyl adjacent to an activating group) is 1. The van der Waals surface area contributed by atoms with Crippen molar-refractivity contribution >= 4 is 27.5 Å². The van der Waals surface area contributed by atoms with Crippen LogP contribution in [0.4, 0.5) is 0 Å². The van der Waals surface area contributed by atoms with Crippen molar-refractivity contribution in [3.05, 3.63) is 53.1 Å². The number of carbonyl (C=O) groups is 1. The van der Waals surface area contributed by atoms with Crippen LogP contribution in [0, 0.1) is 0 Å². The van der Waals surface area contributed by atoms with Crippen LogP contribution in [0.5, 0.6) is 11.5 Å². The Kier molecular flexibility index (Phi) is 7.68. The number of nitrogens with one attached hydrogen (secondary N) is 1. The minimum Gasteiger partial charge on any atom is -0.493 e. The average molecular weight is 427 g/mol. The summed E-state index contributed by atoms with van der Waals surface area (Å²) >= 11 is 5.81. The van der Waals surface area contributed by atoms with Crippen LogP contribution in [0.3, 0.4) is 0 Å². The highest BCUT2D eigenvalue weighted by Gasteiger charge is 2.25. The fourth-order valence-electron chi connectivity index (χ4n) is 2.53. The van der Waals surface area contributed by atoms with Crippen LogP contribution in [0.15, 0.2) is 47.4 Å². The van der Waals surface area contributed by atoms with E-state index in [1.807, 2.05) is 0 Å². The standard InChI is InChI=1S/C19H23ClN2O5S/c1-4-22(28(24,25)16-8-6-15(20)7-9-16)13-19(23)21-12-14-5-10-17(26-2)18(11-14)27-3/h5-11H,4,12-13H2,1-3H3,(H,21,23). The van der Waals surface area contributed by atoms with Gasteiger partial charge in [0, 0.05) is 18.1 Å². The molecular weight excluding hydrogens is 404 g/mol. The van der Waals surface area contributed by atoms with Crippen LogP contribution in [-0.2, 0) is 21.4 Å². The van der Waals surface area contributed by atoms with Gasteiger partial charge >= 0.3 is 0 Å². The van der Waals surface area contributed by atoms with Crippen molar-refractivity contribution in [2.75, 3.05) is 27.3 Å². The van der Waals surface area contributed by atoms with Crippen LogP contribution in [0.2, 0.25) is 5.02 Å². The Hall–Kier alpha value is -2.29. The Morgan fingerprint density at radius 3 is 2.29 bits per heavy atom. The molecule has 1 amide bonds. The van der Waals surface area contributed by atoms with E-state index < -0.39 is 15.9 Å². The zero-order valence-corrected chi connectivity index (χ0v) is 17.5. The molecule has 2 aromatic carbocycles. The summed E-state index contributed by atoms with van der Waals surface area (Å²) in [6.45, 7) is 1.79. The maximum atomic E-state index is 12.7. The molecule has 0 heterocycles. The van der Waals surface area contributed by atoms with Gasteiger partial charge in [0.15, 0.2) is 11.5 Å². The lowest BCUT2D eigenvalue weighted by atomic mass is 10.2. The Morgan fingerprint density at radius 1 is 1.07 bits per heavy atom. The summed E-state index contributed by atoms with van der Waals surface area (Å²) in [6.07, 6.45) is 0. The van der Waals surface area contributed by atoms with E-state index in [2.05, 4.69) is 5.32 Å². The first-order valence-corrected chi connectivity index (χ1v) is 10.4. The van der Waals surface area contributed by atoms with Crippen molar-refractivity contribution in [2.24, 2.45) is 0 Å². The summed E-state index contributed by atoms with van der Waals surface area (Å²) in [5.74, 6) is 0.729. The predicted molar refractivity (Wildman–Crippen MR) is 107 cm³/mol. The molecule has 0 bridgehead atoms. The molecule has 0 aliphatic rings. The zero-order chi connectivity index (χ0) is 20.7. The smallest absolute Gasteiger partial charge is 0.243 e. The largest absolute Gasteiger partial charge is 0.493 e. The monoisotopic (exact) mass is 426 g/mol. The van der Waals surface area contributed by atoms with E-state index in [0.29, 0.717) is 16.5 Å². The first-order valence-electron chi connectivity index (χ1n) is 8.55. The molecule has 0 aliphatic heterocycles. The minimum atomic E-state index is -3.79. The molecule has 152 valence electrons. The normalized spacial score (nSPS) is 11.3. The number of nitrogens with zero attached hydrogens (tertiary/aromatic N) is 1. The molecule has 0 spiro atoms. The van der Waals surface area contributed by atoms with Crippen molar-refractivity contribution in [2.45, 2.75) is 18.4 Å². The van der Waals surface area contributed by atoms with Gasteiger partial charge in [0.1, 0.15) is 0 Å². The van der Waals surface area contributed by atoms with Crippen molar-refractivity contribution in [1.82, 2.24) is 9.62 Å². The summed E-state index contributed by atoms with van der Waals surface area (Å²) in [7, 11) is -0.718. The van der Waals surface area contributed by atoms with E-state index in [1.54, 1.807) is 32.2 Å². The molecule has 28 heavy (non-hydrogen) atoms. The van der Waals surface area contributed by atoms with Crippen molar-refractivity contribution in [1.29, 1.82) is 0 Å². The SMILES string of the molecule is CCN(CC(=O)NCc1ccc(OC)c(OC)c1)S(=O)(=O)c1ccc(Cl)cc1. The molecule has 0 saturated heterocycles. The molecule has 0 aromatic heterocycles. The number of ether oxygens (including phenoxy) is 2. The molecular formula is C19H23ClN2O5S. The predicted octanol–water partition coefficient (Wildman–Crippen LogP) is 2.68. The number of hydrogen-bond acceptors (Lipinski definition) is 5. The lowest BCUT2D eigenvalue weighted by molar-refractivity contribution is -0.121. The lowest BCUT2D eigenvalue weighted by Gasteiger charge is -2.20. The highest BCUT2D eigenvalue weighted by Crippen LogP contribution is 2.27. The number of carbonyl (C=O) groups excluding carboxylic acids is 1. The summed E-state index contributed by atoms with van der Waals surface area (Å²) in [5, 5.41) is 3.16. The fraction of sp³-hybridized carbons (Fsp3) is 0.316. The first kappa shape index (κ1) is 22.0. The second kappa shape index (κ2) is 9.77. The molecule has 1 N–H and O–H groups in total. The fourth-order valence-corrected chi connectivity index (χ4v) is 4.06. The molecule has 0 radical (unpaired) electrons. The van der Waals surface area contributed by atoms with Gasteiger partial charge in [0.05, 0.1) is 25.7 Å². The molecule has 9 heteroatoms. The van der Waals surface area contributed by atoms with E-state index in [-0.39, 0.29) is 24.5 Å². The summed E-state index contributed by atoms with van der Waals surface area (Å²) in [6, 6.07) is 11.1. The zero-order valence-electron chi connectivity index (χ0n) is 15.9. The Balaban J connectivity index is 2.03. The maximum Gasteiger partial charge on any atom is 0.243 e. The molecule has 2 rings (SSSR count). The van der Waals surface area contributed by atoms with Gasteiger partial charge in [0.25, 0.3) is 0 Å². The molecule has 0 fully saturated rings. The number of halogens is 1. The number of amides is 1. The number of rotatable bonds is 9. The third-order valence-electron chi connectivity index (χ3n) is 4.06. The summed E-state index contributed by atoms with van der Waals surface area (Å²) in [4.78, 5) is 12.4. The molecule has 0 saturated carbocycles. The summed E-state index contributed by atoms with van der Waals surface area (Å²) < 4.78 is 36.9. The number of hydrogen-bond donors (Lipinski definition) is 1.